The second-order valence-corrected chi connectivity index (χ2v) is 4.49. The molecule has 17 heavy (non-hydrogen) atoms. The predicted molar refractivity (Wildman–Crippen MR) is 68.1 cm³/mol. The number of hydrogen-bond donors (Lipinski definition) is 0. The summed E-state index contributed by atoms with van der Waals surface area (Å²) in [6, 6.07) is 9.01. The van der Waals surface area contributed by atoms with E-state index in [1.165, 1.54) is 0 Å². The molecule has 0 radical (unpaired) electrons. The Hall–Kier alpha value is -1.37. The first-order valence-corrected chi connectivity index (χ1v) is 5.78. The van der Waals surface area contributed by atoms with Crippen LogP contribution in [-0.2, 0) is 0 Å². The highest BCUT2D eigenvalue weighted by Gasteiger charge is 2.13. The fourth-order valence-corrected chi connectivity index (χ4v) is 1.52. The quantitative estimate of drug-likeness (QED) is 0.755. The summed E-state index contributed by atoms with van der Waals surface area (Å²) in [6.07, 6.45) is 0.421. The number of nitrogens with zero attached hydrogens (tertiary/aromatic N) is 2. The van der Waals surface area contributed by atoms with Crippen molar-refractivity contribution in [3.63, 3.8) is 0 Å². The molecular weight excluding hydrogens is 236 g/mol. The maximum Gasteiger partial charge on any atom is 0.176 e. The summed E-state index contributed by atoms with van der Waals surface area (Å²) in [6.45, 7) is 2.24. The van der Waals surface area contributed by atoms with Gasteiger partial charge in [0.05, 0.1) is 19.0 Å². The number of benzene rings is 1. The van der Waals surface area contributed by atoms with E-state index in [0.29, 0.717) is 23.6 Å². The lowest BCUT2D eigenvalue weighted by molar-refractivity contribution is 0.0926. The van der Waals surface area contributed by atoms with Crippen LogP contribution >= 0.6 is 11.6 Å². The topological polar surface area (TPSA) is 44.1 Å². The molecule has 0 aliphatic rings. The minimum Gasteiger partial charge on any atom is -0.295 e. The Morgan fingerprint density at radius 1 is 1.47 bits per heavy atom. The SMILES string of the molecule is CC(CC#N)N(C)CC(=O)c1ccc(Cl)cc1. The van der Waals surface area contributed by atoms with Gasteiger partial charge < -0.3 is 0 Å². The van der Waals surface area contributed by atoms with Crippen LogP contribution in [0.25, 0.3) is 0 Å². The third-order valence-electron chi connectivity index (χ3n) is 2.70. The molecule has 0 fully saturated rings. The summed E-state index contributed by atoms with van der Waals surface area (Å²) in [5.74, 6) is 0.0361. The molecule has 0 bridgehead atoms. The molecule has 4 heteroatoms. The normalized spacial score (nSPS) is 12.2. The average molecular weight is 251 g/mol. The van der Waals surface area contributed by atoms with Crippen molar-refractivity contribution in [3.05, 3.63) is 34.9 Å². The van der Waals surface area contributed by atoms with Crippen molar-refractivity contribution < 1.29 is 4.79 Å². The van der Waals surface area contributed by atoms with Gasteiger partial charge in [0.25, 0.3) is 0 Å². The molecule has 0 aliphatic carbocycles. The van der Waals surface area contributed by atoms with Crippen molar-refractivity contribution in [3.8, 4) is 6.07 Å². The van der Waals surface area contributed by atoms with E-state index in [1.54, 1.807) is 24.3 Å². The molecule has 0 saturated carbocycles. The summed E-state index contributed by atoms with van der Waals surface area (Å²) in [4.78, 5) is 13.8. The predicted octanol–water partition coefficient (Wildman–Crippen LogP) is 2.76. The van der Waals surface area contributed by atoms with E-state index in [4.69, 9.17) is 16.9 Å². The minimum absolute atomic E-state index is 0.0361. The fraction of sp³-hybridized carbons (Fsp3) is 0.385. The van der Waals surface area contributed by atoms with Gasteiger partial charge in [-0.25, -0.2) is 0 Å². The number of hydrogen-bond acceptors (Lipinski definition) is 3. The fourth-order valence-electron chi connectivity index (χ4n) is 1.40. The number of ketones is 1. The monoisotopic (exact) mass is 250 g/mol. The van der Waals surface area contributed by atoms with Gasteiger partial charge in [-0.3, -0.25) is 9.69 Å². The lowest BCUT2D eigenvalue weighted by Crippen LogP contribution is -2.33. The van der Waals surface area contributed by atoms with Crippen molar-refractivity contribution in [2.75, 3.05) is 13.6 Å². The van der Waals surface area contributed by atoms with Crippen LogP contribution in [0.2, 0.25) is 5.02 Å². The van der Waals surface area contributed by atoms with Crippen LogP contribution in [-0.4, -0.2) is 30.3 Å². The van der Waals surface area contributed by atoms with Crippen LogP contribution in [0.15, 0.2) is 24.3 Å². The first-order chi connectivity index (χ1) is 8.04. The zero-order valence-corrected chi connectivity index (χ0v) is 10.7. The van der Waals surface area contributed by atoms with Gasteiger partial charge in [0, 0.05) is 16.6 Å². The molecule has 0 aromatic heterocycles. The summed E-state index contributed by atoms with van der Waals surface area (Å²) in [5, 5.41) is 9.21. The van der Waals surface area contributed by atoms with Gasteiger partial charge in [0.2, 0.25) is 0 Å². The van der Waals surface area contributed by atoms with E-state index in [0.717, 1.165) is 0 Å². The smallest absolute Gasteiger partial charge is 0.176 e. The molecule has 1 aromatic rings. The van der Waals surface area contributed by atoms with Crippen LogP contribution in [0.3, 0.4) is 0 Å². The maximum atomic E-state index is 11.9. The summed E-state index contributed by atoms with van der Waals surface area (Å²) in [5.41, 5.74) is 0.644. The molecule has 1 atom stereocenters. The second-order valence-electron chi connectivity index (χ2n) is 4.06. The molecule has 0 spiro atoms. The van der Waals surface area contributed by atoms with Gasteiger partial charge in [0.1, 0.15) is 0 Å². The zero-order chi connectivity index (χ0) is 12.8. The molecular formula is C13H15ClN2O. The van der Waals surface area contributed by atoms with Gasteiger partial charge in [-0.05, 0) is 38.2 Å². The largest absolute Gasteiger partial charge is 0.295 e. The van der Waals surface area contributed by atoms with Crippen molar-refractivity contribution in [2.24, 2.45) is 0 Å². The van der Waals surface area contributed by atoms with Crippen molar-refractivity contribution in [1.29, 1.82) is 5.26 Å². The number of Topliss-reactive ketones (excluding diaryl/α,β-unsaturated/α-hetero) is 1. The molecule has 90 valence electrons. The van der Waals surface area contributed by atoms with E-state index in [2.05, 4.69) is 6.07 Å². The highest BCUT2D eigenvalue weighted by molar-refractivity contribution is 6.30. The molecule has 1 rings (SSSR count). The number of rotatable bonds is 5. The van der Waals surface area contributed by atoms with Gasteiger partial charge in [-0.2, -0.15) is 5.26 Å². The number of nitriles is 1. The molecule has 0 amide bonds. The van der Waals surface area contributed by atoms with Crippen molar-refractivity contribution >= 4 is 17.4 Å². The van der Waals surface area contributed by atoms with E-state index in [9.17, 15) is 4.79 Å². The molecule has 3 nitrogen and oxygen atoms in total. The summed E-state index contributed by atoms with van der Waals surface area (Å²) in [7, 11) is 1.84. The van der Waals surface area contributed by atoms with Crippen LogP contribution in [0.4, 0.5) is 0 Å². The summed E-state index contributed by atoms with van der Waals surface area (Å²) >= 11 is 5.76. The van der Waals surface area contributed by atoms with Gasteiger partial charge in [0.15, 0.2) is 5.78 Å². The highest BCUT2D eigenvalue weighted by Crippen LogP contribution is 2.11. The Morgan fingerprint density at radius 2 is 2.06 bits per heavy atom. The number of likely N-dealkylation sites (N-methyl/N-ethyl adjacent to an activating group) is 1. The molecule has 1 aromatic carbocycles. The van der Waals surface area contributed by atoms with Gasteiger partial charge in [-0.15, -0.1) is 0 Å². The molecule has 0 aliphatic heterocycles. The zero-order valence-electron chi connectivity index (χ0n) is 9.98. The Labute approximate surface area is 107 Å². The second kappa shape index (κ2) is 6.39. The first kappa shape index (κ1) is 13.7. The Morgan fingerprint density at radius 3 is 2.59 bits per heavy atom. The molecule has 0 saturated heterocycles. The van der Waals surface area contributed by atoms with Crippen LogP contribution in [0.5, 0.6) is 0 Å². The van der Waals surface area contributed by atoms with E-state index in [-0.39, 0.29) is 11.8 Å². The first-order valence-electron chi connectivity index (χ1n) is 5.40. The number of halogens is 1. The Balaban J connectivity index is 2.60. The van der Waals surface area contributed by atoms with Crippen molar-refractivity contribution in [2.45, 2.75) is 19.4 Å². The minimum atomic E-state index is 0.0361. The van der Waals surface area contributed by atoms with E-state index >= 15 is 0 Å². The van der Waals surface area contributed by atoms with Gasteiger partial charge in [-0.1, -0.05) is 11.6 Å². The van der Waals surface area contributed by atoms with Crippen LogP contribution < -0.4 is 0 Å². The Kier molecular flexibility index (Phi) is 5.14. The maximum absolute atomic E-state index is 11.9. The van der Waals surface area contributed by atoms with E-state index in [1.807, 2.05) is 18.9 Å². The number of carbonyl (C=O) groups is 1. The lowest BCUT2D eigenvalue weighted by atomic mass is 10.1. The lowest BCUT2D eigenvalue weighted by Gasteiger charge is -2.21. The third kappa shape index (κ3) is 4.18. The van der Waals surface area contributed by atoms with Crippen molar-refractivity contribution in [1.82, 2.24) is 4.90 Å². The van der Waals surface area contributed by atoms with Crippen LogP contribution in [0, 0.1) is 11.3 Å². The molecule has 0 heterocycles. The summed E-state index contributed by atoms with van der Waals surface area (Å²) < 4.78 is 0. The van der Waals surface area contributed by atoms with Crippen LogP contribution in [0.1, 0.15) is 23.7 Å². The molecule has 0 N–H and O–H groups in total. The third-order valence-corrected chi connectivity index (χ3v) is 2.95. The standard InChI is InChI=1S/C13H15ClN2O/c1-10(7-8-15)16(2)9-13(17)11-3-5-12(14)6-4-11/h3-6,10H,7,9H2,1-2H3. The highest BCUT2D eigenvalue weighted by atomic mass is 35.5. The number of carbonyl (C=O) groups excluding carboxylic acids is 1. The van der Waals surface area contributed by atoms with Gasteiger partial charge >= 0.3 is 0 Å². The van der Waals surface area contributed by atoms with E-state index < -0.39 is 0 Å². The Bertz CT molecular complexity index is 422. The average Bonchev–Trinajstić information content (AvgIpc) is 2.30. The molecule has 1 unspecified atom stereocenters.